The minimum Gasteiger partial charge on any atom is -0.482 e. The summed E-state index contributed by atoms with van der Waals surface area (Å²) in [4.78, 5) is 17.0. The van der Waals surface area contributed by atoms with E-state index in [1.54, 1.807) is 12.1 Å². The van der Waals surface area contributed by atoms with Gasteiger partial charge < -0.3 is 14.4 Å². The molecule has 0 atom stereocenters. The molecule has 1 aromatic heterocycles. The molecular weight excluding hydrogens is 298 g/mol. The van der Waals surface area contributed by atoms with Gasteiger partial charge in [-0.05, 0) is 37.6 Å². The highest BCUT2D eigenvalue weighted by Crippen LogP contribution is 2.38. The van der Waals surface area contributed by atoms with Crippen LogP contribution < -0.4 is 4.74 Å². The molecule has 1 aliphatic carbocycles. The van der Waals surface area contributed by atoms with Gasteiger partial charge in [0.2, 0.25) is 5.89 Å². The van der Waals surface area contributed by atoms with Crippen molar-refractivity contribution in [3.05, 3.63) is 41.5 Å². The summed E-state index contributed by atoms with van der Waals surface area (Å²) in [5.41, 5.74) is 1.10. The molecule has 1 aromatic carbocycles. The molecule has 122 valence electrons. The summed E-state index contributed by atoms with van der Waals surface area (Å²) < 4.78 is 10.4. The lowest BCUT2D eigenvalue weighted by molar-refractivity contribution is -0.139. The summed E-state index contributed by atoms with van der Waals surface area (Å²) >= 11 is 0. The van der Waals surface area contributed by atoms with Gasteiger partial charge in [0, 0.05) is 12.5 Å². The summed E-state index contributed by atoms with van der Waals surface area (Å²) in [6.07, 6.45) is 2.29. The Labute approximate surface area is 133 Å². The van der Waals surface area contributed by atoms with Crippen molar-refractivity contribution in [2.24, 2.45) is 0 Å². The number of carboxylic acids is 1. The van der Waals surface area contributed by atoms with Crippen molar-refractivity contribution in [1.29, 1.82) is 0 Å². The molecule has 1 fully saturated rings. The van der Waals surface area contributed by atoms with Gasteiger partial charge in [0.15, 0.2) is 12.4 Å². The van der Waals surface area contributed by atoms with Gasteiger partial charge in [-0.25, -0.2) is 4.79 Å². The number of benzene rings is 1. The number of hydrogen-bond acceptors (Lipinski definition) is 6. The van der Waals surface area contributed by atoms with Crippen molar-refractivity contribution in [2.75, 3.05) is 13.7 Å². The Morgan fingerprint density at radius 1 is 1.35 bits per heavy atom. The molecule has 1 N–H and O–H groups in total. The van der Waals surface area contributed by atoms with Crippen LogP contribution >= 0.6 is 0 Å². The first kappa shape index (κ1) is 15.5. The van der Waals surface area contributed by atoms with Crippen LogP contribution in [0, 0.1) is 0 Å². The Balaban J connectivity index is 1.50. The number of ether oxygens (including phenoxy) is 1. The Morgan fingerprint density at radius 3 is 2.74 bits per heavy atom. The lowest BCUT2D eigenvalue weighted by Crippen LogP contribution is -2.18. The molecule has 7 nitrogen and oxygen atoms in total. The molecule has 0 radical (unpaired) electrons. The fourth-order valence-corrected chi connectivity index (χ4v) is 2.27. The molecular formula is C16H19N3O4. The number of carbonyl (C=O) groups is 1. The molecule has 7 heteroatoms. The first-order valence-electron chi connectivity index (χ1n) is 7.54. The second kappa shape index (κ2) is 6.78. The van der Waals surface area contributed by atoms with Crippen molar-refractivity contribution in [3.8, 4) is 5.75 Å². The number of aromatic nitrogens is 2. The van der Waals surface area contributed by atoms with Gasteiger partial charge >= 0.3 is 5.97 Å². The maximum atomic E-state index is 10.5. The van der Waals surface area contributed by atoms with E-state index in [0.29, 0.717) is 24.0 Å². The van der Waals surface area contributed by atoms with E-state index in [2.05, 4.69) is 15.0 Å². The number of carboxylic acid groups (broad SMARTS) is 1. The molecule has 1 saturated carbocycles. The smallest absolute Gasteiger partial charge is 0.341 e. The van der Waals surface area contributed by atoms with Crippen LogP contribution in [0.3, 0.4) is 0 Å². The molecule has 0 amide bonds. The molecule has 3 rings (SSSR count). The van der Waals surface area contributed by atoms with E-state index < -0.39 is 5.97 Å². The fourth-order valence-electron chi connectivity index (χ4n) is 2.27. The summed E-state index contributed by atoms with van der Waals surface area (Å²) in [5.74, 6) is 1.49. The predicted octanol–water partition coefficient (Wildman–Crippen LogP) is 2.04. The van der Waals surface area contributed by atoms with Gasteiger partial charge in [-0.3, -0.25) is 4.90 Å². The maximum Gasteiger partial charge on any atom is 0.341 e. The lowest BCUT2D eigenvalue weighted by atomic mass is 10.2. The van der Waals surface area contributed by atoms with Crippen LogP contribution in [-0.4, -0.2) is 39.8 Å². The highest BCUT2D eigenvalue weighted by molar-refractivity contribution is 5.68. The summed E-state index contributed by atoms with van der Waals surface area (Å²) in [6.45, 7) is 1.01. The van der Waals surface area contributed by atoms with Crippen LogP contribution in [0.1, 0.15) is 36.0 Å². The molecule has 23 heavy (non-hydrogen) atoms. The normalized spacial score (nSPS) is 14.2. The van der Waals surface area contributed by atoms with Gasteiger partial charge in [0.25, 0.3) is 0 Å². The number of aliphatic carboxylic acids is 1. The first-order chi connectivity index (χ1) is 11.1. The second-order valence-electron chi connectivity index (χ2n) is 5.82. The predicted molar refractivity (Wildman–Crippen MR) is 81.0 cm³/mol. The third-order valence-corrected chi connectivity index (χ3v) is 3.56. The minimum atomic E-state index is -0.987. The van der Waals surface area contributed by atoms with E-state index in [-0.39, 0.29) is 6.61 Å². The van der Waals surface area contributed by atoms with E-state index in [9.17, 15) is 4.79 Å². The van der Waals surface area contributed by atoms with Crippen LogP contribution in [0.15, 0.2) is 28.8 Å². The topological polar surface area (TPSA) is 88.7 Å². The average molecular weight is 317 g/mol. The van der Waals surface area contributed by atoms with Crippen LogP contribution in [0.25, 0.3) is 0 Å². The number of rotatable bonds is 8. The zero-order chi connectivity index (χ0) is 16.2. The van der Waals surface area contributed by atoms with Gasteiger partial charge in [-0.2, -0.15) is 4.98 Å². The SMILES string of the molecule is CN(Cc1ccc(OCC(=O)O)cc1)Cc1noc(C2CC2)n1. The average Bonchev–Trinajstić information content (AvgIpc) is 3.27. The minimum absolute atomic E-state index is 0.333. The molecule has 0 saturated heterocycles. The Hall–Kier alpha value is -2.41. The molecule has 0 unspecified atom stereocenters. The second-order valence-corrected chi connectivity index (χ2v) is 5.82. The van der Waals surface area contributed by atoms with Crippen LogP contribution in [-0.2, 0) is 17.9 Å². The van der Waals surface area contributed by atoms with Crippen molar-refractivity contribution < 1.29 is 19.2 Å². The van der Waals surface area contributed by atoms with E-state index in [0.717, 1.165) is 30.8 Å². The number of nitrogens with zero attached hydrogens (tertiary/aromatic N) is 3. The van der Waals surface area contributed by atoms with E-state index in [1.165, 1.54) is 0 Å². The Morgan fingerprint density at radius 2 is 2.09 bits per heavy atom. The molecule has 0 spiro atoms. The molecule has 1 heterocycles. The van der Waals surface area contributed by atoms with Gasteiger partial charge in [0.05, 0.1) is 6.54 Å². The van der Waals surface area contributed by atoms with Crippen LogP contribution in [0.4, 0.5) is 0 Å². The van der Waals surface area contributed by atoms with E-state index in [4.69, 9.17) is 14.4 Å². The van der Waals surface area contributed by atoms with E-state index >= 15 is 0 Å². The quantitative estimate of drug-likeness (QED) is 0.797. The zero-order valence-electron chi connectivity index (χ0n) is 12.9. The fraction of sp³-hybridized carbons (Fsp3) is 0.438. The molecule has 1 aliphatic rings. The van der Waals surface area contributed by atoms with E-state index in [1.807, 2.05) is 19.2 Å². The molecule has 2 aromatic rings. The monoisotopic (exact) mass is 317 g/mol. The highest BCUT2D eigenvalue weighted by atomic mass is 16.5. The van der Waals surface area contributed by atoms with Crippen LogP contribution in [0.5, 0.6) is 5.75 Å². The van der Waals surface area contributed by atoms with Gasteiger partial charge in [0.1, 0.15) is 5.75 Å². The first-order valence-corrected chi connectivity index (χ1v) is 7.54. The largest absolute Gasteiger partial charge is 0.482 e. The summed E-state index contributed by atoms with van der Waals surface area (Å²) in [5, 5.41) is 12.6. The molecule has 0 aliphatic heterocycles. The standard InChI is InChI=1S/C16H19N3O4/c1-19(9-14-17-16(23-18-14)12-4-5-12)8-11-2-6-13(7-3-11)22-10-15(20)21/h2-3,6-7,12H,4-5,8-10H2,1H3,(H,20,21). The Bertz CT molecular complexity index is 664. The highest BCUT2D eigenvalue weighted by Gasteiger charge is 2.29. The lowest BCUT2D eigenvalue weighted by Gasteiger charge is -2.14. The summed E-state index contributed by atoms with van der Waals surface area (Å²) in [7, 11) is 1.99. The third-order valence-electron chi connectivity index (χ3n) is 3.56. The third kappa shape index (κ3) is 4.53. The van der Waals surface area contributed by atoms with Gasteiger partial charge in [-0.1, -0.05) is 17.3 Å². The summed E-state index contributed by atoms with van der Waals surface area (Å²) in [6, 6.07) is 7.37. The van der Waals surface area contributed by atoms with Crippen molar-refractivity contribution in [1.82, 2.24) is 15.0 Å². The van der Waals surface area contributed by atoms with Crippen molar-refractivity contribution in [3.63, 3.8) is 0 Å². The Kier molecular flexibility index (Phi) is 4.57. The number of hydrogen-bond donors (Lipinski definition) is 1. The zero-order valence-corrected chi connectivity index (χ0v) is 12.9. The van der Waals surface area contributed by atoms with Gasteiger partial charge in [-0.15, -0.1) is 0 Å². The molecule has 0 bridgehead atoms. The van der Waals surface area contributed by atoms with Crippen molar-refractivity contribution >= 4 is 5.97 Å². The maximum absolute atomic E-state index is 10.5. The van der Waals surface area contributed by atoms with Crippen LogP contribution in [0.2, 0.25) is 0 Å². The van der Waals surface area contributed by atoms with Crippen molar-refractivity contribution in [2.45, 2.75) is 31.8 Å².